The molecule has 7 nitrogen and oxygen atoms in total. The van der Waals surface area contributed by atoms with Crippen LogP contribution >= 0.6 is 0 Å². The number of sulfonamides is 1. The van der Waals surface area contributed by atoms with E-state index in [1.165, 1.54) is 4.31 Å². The van der Waals surface area contributed by atoms with Crippen molar-refractivity contribution < 1.29 is 22.7 Å². The number of benzene rings is 2. The number of carbonyl (C=O) groups is 1. The Labute approximate surface area is 158 Å². The largest absolute Gasteiger partial charge is 0.497 e. The molecule has 2 aromatic rings. The van der Waals surface area contributed by atoms with Crippen LogP contribution in [0, 0.1) is 0 Å². The summed E-state index contributed by atoms with van der Waals surface area (Å²) in [6.07, 6.45) is -0.917. The molecule has 0 spiro atoms. The maximum Gasteiger partial charge on any atom is 0.263 e. The Morgan fingerprint density at radius 2 is 1.93 bits per heavy atom. The number of rotatable bonds is 6. The highest BCUT2D eigenvalue weighted by Crippen LogP contribution is 2.35. The third kappa shape index (κ3) is 4.16. The summed E-state index contributed by atoms with van der Waals surface area (Å²) < 4.78 is 37.0. The lowest BCUT2D eigenvalue weighted by atomic mass is 10.2. The Morgan fingerprint density at radius 1 is 1.22 bits per heavy atom. The molecule has 8 heteroatoms. The number of fused-ring (bicyclic) bond motifs is 1. The first-order valence-electron chi connectivity index (χ1n) is 8.61. The van der Waals surface area contributed by atoms with Gasteiger partial charge in [-0.05, 0) is 36.8 Å². The fourth-order valence-corrected chi connectivity index (χ4v) is 3.93. The number of nitrogens with zero attached hydrogens (tertiary/aromatic N) is 1. The molecule has 0 unspecified atom stereocenters. The van der Waals surface area contributed by atoms with Crippen LogP contribution in [0.1, 0.15) is 12.5 Å². The monoisotopic (exact) mass is 390 g/mol. The van der Waals surface area contributed by atoms with Gasteiger partial charge in [-0.15, -0.1) is 0 Å². The minimum absolute atomic E-state index is 0.0539. The van der Waals surface area contributed by atoms with Crippen molar-refractivity contribution in [2.45, 2.75) is 19.6 Å². The highest BCUT2D eigenvalue weighted by atomic mass is 32.2. The van der Waals surface area contributed by atoms with Gasteiger partial charge < -0.3 is 14.8 Å². The van der Waals surface area contributed by atoms with Crippen LogP contribution in [0.25, 0.3) is 0 Å². The molecular formula is C19H22N2O5S. The Balaban J connectivity index is 1.73. The van der Waals surface area contributed by atoms with E-state index < -0.39 is 16.1 Å². The summed E-state index contributed by atoms with van der Waals surface area (Å²) in [6, 6.07) is 14.1. The van der Waals surface area contributed by atoms with Gasteiger partial charge in [0.25, 0.3) is 5.91 Å². The van der Waals surface area contributed by atoms with Crippen LogP contribution < -0.4 is 19.1 Å². The van der Waals surface area contributed by atoms with E-state index in [2.05, 4.69) is 5.32 Å². The molecule has 0 saturated heterocycles. The van der Waals surface area contributed by atoms with Gasteiger partial charge in [0.15, 0.2) is 6.10 Å². The van der Waals surface area contributed by atoms with Gasteiger partial charge in [-0.2, -0.15) is 0 Å². The number of carbonyl (C=O) groups excluding carboxylic acids is 1. The zero-order valence-corrected chi connectivity index (χ0v) is 16.0. The Kier molecular flexibility index (Phi) is 5.55. The Morgan fingerprint density at radius 3 is 2.59 bits per heavy atom. The minimum atomic E-state index is -3.52. The van der Waals surface area contributed by atoms with Crippen molar-refractivity contribution in [1.29, 1.82) is 0 Å². The first kappa shape index (κ1) is 19.0. The average Bonchev–Trinajstić information content (AvgIpc) is 2.71. The summed E-state index contributed by atoms with van der Waals surface area (Å²) in [4.78, 5) is 12.6. The number of ether oxygens (including phenoxy) is 2. The maximum absolute atomic E-state index is 12.6. The van der Waals surface area contributed by atoms with E-state index in [1.54, 1.807) is 38.3 Å². The quantitative estimate of drug-likeness (QED) is 0.815. The highest BCUT2D eigenvalue weighted by Gasteiger charge is 2.35. The van der Waals surface area contributed by atoms with E-state index >= 15 is 0 Å². The number of hydrogen-bond acceptors (Lipinski definition) is 5. The van der Waals surface area contributed by atoms with Crippen LogP contribution in [0.3, 0.4) is 0 Å². The Hall–Kier alpha value is -2.74. The van der Waals surface area contributed by atoms with Crippen molar-refractivity contribution in [2.75, 3.05) is 23.7 Å². The molecule has 1 aliphatic heterocycles. The Bertz CT molecular complexity index is 912. The molecule has 3 rings (SSSR count). The van der Waals surface area contributed by atoms with Crippen molar-refractivity contribution in [3.63, 3.8) is 0 Å². The molecule has 144 valence electrons. The lowest BCUT2D eigenvalue weighted by molar-refractivity contribution is -0.127. The zero-order valence-electron chi connectivity index (χ0n) is 15.2. The molecule has 1 amide bonds. The van der Waals surface area contributed by atoms with Crippen molar-refractivity contribution in [3.8, 4) is 11.5 Å². The third-order valence-electron chi connectivity index (χ3n) is 4.35. The summed E-state index contributed by atoms with van der Waals surface area (Å²) in [7, 11) is -1.93. The van der Waals surface area contributed by atoms with Crippen molar-refractivity contribution in [2.24, 2.45) is 0 Å². The number of amides is 1. The summed E-state index contributed by atoms with van der Waals surface area (Å²) in [5.41, 5.74) is 1.36. The van der Waals surface area contributed by atoms with E-state index in [1.807, 2.05) is 24.3 Å². The zero-order chi connectivity index (χ0) is 19.4. The lowest BCUT2D eigenvalue weighted by Crippen LogP contribution is -2.50. The third-order valence-corrected chi connectivity index (χ3v) is 6.10. The molecule has 0 saturated carbocycles. The van der Waals surface area contributed by atoms with Gasteiger partial charge in [0.2, 0.25) is 10.0 Å². The van der Waals surface area contributed by atoms with Crippen LogP contribution in [-0.2, 0) is 21.4 Å². The molecule has 0 aliphatic carbocycles. The molecule has 0 fully saturated rings. The lowest BCUT2D eigenvalue weighted by Gasteiger charge is -2.34. The molecule has 1 heterocycles. The van der Waals surface area contributed by atoms with Crippen molar-refractivity contribution >= 4 is 21.6 Å². The van der Waals surface area contributed by atoms with E-state index in [0.717, 1.165) is 11.3 Å². The van der Waals surface area contributed by atoms with Crippen molar-refractivity contribution in [3.05, 3.63) is 54.1 Å². The highest BCUT2D eigenvalue weighted by molar-refractivity contribution is 7.92. The van der Waals surface area contributed by atoms with Gasteiger partial charge in [0, 0.05) is 6.54 Å². The van der Waals surface area contributed by atoms with E-state index in [9.17, 15) is 13.2 Å². The number of hydrogen-bond donors (Lipinski definition) is 1. The molecule has 0 aromatic heterocycles. The molecule has 0 bridgehead atoms. The van der Waals surface area contributed by atoms with E-state index in [0.29, 0.717) is 18.0 Å². The second-order valence-electron chi connectivity index (χ2n) is 6.07. The molecule has 1 atom stereocenters. The van der Waals surface area contributed by atoms with Crippen LogP contribution in [0.5, 0.6) is 11.5 Å². The average molecular weight is 390 g/mol. The van der Waals surface area contributed by atoms with Crippen LogP contribution in [0.15, 0.2) is 48.5 Å². The first-order valence-corrected chi connectivity index (χ1v) is 10.2. The van der Waals surface area contributed by atoms with Gasteiger partial charge in [-0.1, -0.05) is 24.3 Å². The molecule has 27 heavy (non-hydrogen) atoms. The van der Waals surface area contributed by atoms with Gasteiger partial charge in [-0.25, -0.2) is 8.42 Å². The fraction of sp³-hybridized carbons (Fsp3) is 0.316. The smallest absolute Gasteiger partial charge is 0.263 e. The van der Waals surface area contributed by atoms with Crippen LogP contribution in [0.2, 0.25) is 0 Å². The van der Waals surface area contributed by atoms with Gasteiger partial charge in [0.1, 0.15) is 11.5 Å². The summed E-state index contributed by atoms with van der Waals surface area (Å²) in [5, 5.41) is 2.80. The number of para-hydroxylation sites is 2. The van der Waals surface area contributed by atoms with Crippen LogP contribution in [-0.4, -0.2) is 39.8 Å². The standard InChI is InChI=1S/C19H22N2O5S/c1-3-27(23,24)21-13-18(26-17-7-5-4-6-16(17)21)19(22)20-12-14-8-10-15(25-2)11-9-14/h4-11,18H,3,12-13H2,1-2H3,(H,20,22)/t18-/m0/s1. The molecular weight excluding hydrogens is 368 g/mol. The maximum atomic E-state index is 12.6. The minimum Gasteiger partial charge on any atom is -0.497 e. The van der Waals surface area contributed by atoms with Gasteiger partial charge in [0.05, 0.1) is 25.1 Å². The second-order valence-corrected chi connectivity index (χ2v) is 8.25. The molecule has 1 aliphatic rings. The number of nitrogens with one attached hydrogen (secondary N) is 1. The van der Waals surface area contributed by atoms with Crippen LogP contribution in [0.4, 0.5) is 5.69 Å². The SMILES string of the molecule is CCS(=O)(=O)N1C[C@@H](C(=O)NCc2ccc(OC)cc2)Oc2ccccc21. The molecule has 2 aromatic carbocycles. The van der Waals surface area contributed by atoms with Gasteiger partial charge in [-0.3, -0.25) is 9.10 Å². The number of anilines is 1. The summed E-state index contributed by atoms with van der Waals surface area (Å²) in [6.45, 7) is 1.83. The van der Waals surface area contributed by atoms with Gasteiger partial charge >= 0.3 is 0 Å². The molecule has 0 radical (unpaired) electrons. The predicted molar refractivity (Wildman–Crippen MR) is 103 cm³/mol. The first-order chi connectivity index (χ1) is 12.9. The van der Waals surface area contributed by atoms with E-state index in [4.69, 9.17) is 9.47 Å². The fourth-order valence-electron chi connectivity index (χ4n) is 2.80. The van der Waals surface area contributed by atoms with E-state index in [-0.39, 0.29) is 18.2 Å². The second kappa shape index (κ2) is 7.87. The predicted octanol–water partition coefficient (Wildman–Crippen LogP) is 1.93. The normalized spacial score (nSPS) is 16.2. The number of methoxy groups -OCH3 is 1. The summed E-state index contributed by atoms with van der Waals surface area (Å²) in [5.74, 6) is 0.696. The molecule has 1 N–H and O–H groups in total. The topological polar surface area (TPSA) is 84.9 Å². The summed E-state index contributed by atoms with van der Waals surface area (Å²) >= 11 is 0. The van der Waals surface area contributed by atoms with Crippen molar-refractivity contribution in [1.82, 2.24) is 5.32 Å².